The normalized spacial score (nSPS) is 12.4. The summed E-state index contributed by atoms with van der Waals surface area (Å²) in [6.45, 7) is 2.25. The van der Waals surface area contributed by atoms with Gasteiger partial charge in [0.25, 0.3) is 15.3 Å². The molecule has 0 unspecified atom stereocenters. The Bertz CT molecular complexity index is 1430. The van der Waals surface area contributed by atoms with Crippen molar-refractivity contribution in [3.8, 4) is 0 Å². The van der Waals surface area contributed by atoms with Crippen molar-refractivity contribution in [3.05, 3.63) is 53.1 Å². The maximum atomic E-state index is 12.6. The van der Waals surface area contributed by atoms with Crippen LogP contribution in [0.4, 0.5) is 0 Å². The molecule has 10 heteroatoms. The Balaban J connectivity index is 1.60. The molecule has 3 N–H and O–H groups in total. The Morgan fingerprint density at radius 3 is 1.71 bits per heavy atom. The molecule has 0 aliphatic rings. The van der Waals surface area contributed by atoms with Crippen LogP contribution in [0.2, 0.25) is 0 Å². The van der Waals surface area contributed by atoms with E-state index in [0.29, 0.717) is 24.0 Å². The monoisotopic (exact) mass is 606 g/mol. The minimum Gasteiger partial charge on any atom is -0.327 e. The molecular weight excluding hydrogens is 560 g/mol. The van der Waals surface area contributed by atoms with Crippen molar-refractivity contribution in [1.29, 1.82) is 0 Å². The van der Waals surface area contributed by atoms with Gasteiger partial charge in [0.05, 0.1) is 5.52 Å². The Morgan fingerprint density at radius 2 is 1.22 bits per heavy atom. The van der Waals surface area contributed by atoms with Crippen LogP contribution in [-0.2, 0) is 33.1 Å². The SMILES string of the molecule is CCCCCCCCCCCCCCCCCc1c(Cc2ccccc2)cc2[nH]c(S(=O)(=O)O)nc2c1S(=O)(=O)O. The molecular formula is C31H46N2O6S2. The summed E-state index contributed by atoms with van der Waals surface area (Å²) in [5, 5.41) is -0.757. The summed E-state index contributed by atoms with van der Waals surface area (Å²) in [5.74, 6) is 0. The van der Waals surface area contributed by atoms with Gasteiger partial charge in [-0.3, -0.25) is 9.11 Å². The van der Waals surface area contributed by atoms with Crippen molar-refractivity contribution in [2.75, 3.05) is 0 Å². The van der Waals surface area contributed by atoms with E-state index in [9.17, 15) is 25.9 Å². The van der Waals surface area contributed by atoms with E-state index < -0.39 is 30.3 Å². The standard InChI is InChI=1S/C31H46N2O6S2/c1-2-3-4-5-6-7-8-9-10-11-12-13-14-15-19-22-27-26(23-25-20-17-16-18-21-25)24-28-29(30(27)40(34,35)36)33-31(32-28)41(37,38)39/h16-18,20-21,24H,2-15,19,22-23H2,1H3,(H,32,33)(H,34,35,36)(H,37,38,39). The van der Waals surface area contributed by atoms with Gasteiger partial charge in [0.2, 0.25) is 0 Å². The zero-order chi connectivity index (χ0) is 29.7. The van der Waals surface area contributed by atoms with Crippen LogP contribution in [0, 0.1) is 0 Å². The lowest BCUT2D eigenvalue weighted by Gasteiger charge is -2.15. The zero-order valence-corrected chi connectivity index (χ0v) is 25.9. The third-order valence-corrected chi connectivity index (χ3v) is 9.31. The summed E-state index contributed by atoms with van der Waals surface area (Å²) >= 11 is 0. The van der Waals surface area contributed by atoms with Crippen molar-refractivity contribution in [2.45, 2.75) is 126 Å². The summed E-state index contributed by atoms with van der Waals surface area (Å²) in [6.07, 6.45) is 19.1. The van der Waals surface area contributed by atoms with Crippen molar-refractivity contribution in [1.82, 2.24) is 9.97 Å². The Kier molecular flexibility index (Phi) is 13.3. The molecule has 228 valence electrons. The predicted octanol–water partition coefficient (Wildman–Crippen LogP) is 8.06. The molecule has 0 atom stereocenters. The van der Waals surface area contributed by atoms with Crippen LogP contribution in [-0.4, -0.2) is 35.9 Å². The second-order valence-electron chi connectivity index (χ2n) is 11.1. The van der Waals surface area contributed by atoms with Crippen molar-refractivity contribution in [3.63, 3.8) is 0 Å². The van der Waals surface area contributed by atoms with Gasteiger partial charge in [0.1, 0.15) is 10.4 Å². The molecule has 0 aliphatic heterocycles. The van der Waals surface area contributed by atoms with Gasteiger partial charge in [-0.05, 0) is 42.0 Å². The minimum absolute atomic E-state index is 0.122. The van der Waals surface area contributed by atoms with Crippen LogP contribution < -0.4 is 0 Å². The molecule has 0 amide bonds. The van der Waals surface area contributed by atoms with E-state index in [1.54, 1.807) is 6.07 Å². The topological polar surface area (TPSA) is 137 Å². The summed E-state index contributed by atoms with van der Waals surface area (Å²) in [7, 11) is -9.43. The Hall–Kier alpha value is -2.27. The first-order chi connectivity index (χ1) is 19.6. The molecule has 0 spiro atoms. The van der Waals surface area contributed by atoms with E-state index >= 15 is 0 Å². The van der Waals surface area contributed by atoms with Crippen LogP contribution in [0.5, 0.6) is 0 Å². The molecule has 1 aromatic heterocycles. The molecule has 3 aromatic rings. The highest BCUT2D eigenvalue weighted by Crippen LogP contribution is 2.32. The molecule has 0 radical (unpaired) electrons. The second kappa shape index (κ2) is 16.4. The number of benzene rings is 2. The van der Waals surface area contributed by atoms with E-state index in [1.165, 1.54) is 70.6 Å². The molecule has 0 fully saturated rings. The molecule has 0 aliphatic carbocycles. The van der Waals surface area contributed by atoms with Gasteiger partial charge in [-0.1, -0.05) is 127 Å². The van der Waals surface area contributed by atoms with E-state index in [-0.39, 0.29) is 11.0 Å². The lowest BCUT2D eigenvalue weighted by Crippen LogP contribution is -2.09. The van der Waals surface area contributed by atoms with E-state index in [0.717, 1.165) is 31.2 Å². The minimum atomic E-state index is -4.74. The number of unbranched alkanes of at least 4 members (excludes halogenated alkanes) is 14. The molecule has 3 rings (SSSR count). The van der Waals surface area contributed by atoms with Crippen molar-refractivity contribution >= 4 is 31.3 Å². The maximum Gasteiger partial charge on any atom is 0.328 e. The van der Waals surface area contributed by atoms with Gasteiger partial charge in [-0.25, -0.2) is 4.98 Å². The zero-order valence-electron chi connectivity index (χ0n) is 24.3. The number of nitrogens with one attached hydrogen (secondary N) is 1. The van der Waals surface area contributed by atoms with Gasteiger partial charge in [-0.15, -0.1) is 0 Å². The smallest absolute Gasteiger partial charge is 0.327 e. The van der Waals surface area contributed by atoms with Gasteiger partial charge >= 0.3 is 10.1 Å². The predicted molar refractivity (Wildman–Crippen MR) is 164 cm³/mol. The highest BCUT2D eigenvalue weighted by Gasteiger charge is 2.27. The molecule has 8 nitrogen and oxygen atoms in total. The first kappa shape index (κ1) is 33.2. The third kappa shape index (κ3) is 10.8. The largest absolute Gasteiger partial charge is 0.328 e. The van der Waals surface area contributed by atoms with E-state index in [4.69, 9.17) is 0 Å². The number of aromatic nitrogens is 2. The molecule has 0 saturated heterocycles. The summed E-state index contributed by atoms with van der Waals surface area (Å²) in [6, 6.07) is 11.2. The number of fused-ring (bicyclic) bond motifs is 1. The number of rotatable bonds is 20. The maximum absolute atomic E-state index is 12.6. The first-order valence-electron chi connectivity index (χ1n) is 15.1. The quantitative estimate of drug-likeness (QED) is 0.0873. The van der Waals surface area contributed by atoms with E-state index in [1.807, 2.05) is 30.3 Å². The van der Waals surface area contributed by atoms with Crippen LogP contribution >= 0.6 is 0 Å². The fraction of sp³-hybridized carbons (Fsp3) is 0.581. The summed E-state index contributed by atoms with van der Waals surface area (Å²) in [5.41, 5.74) is 1.98. The lowest BCUT2D eigenvalue weighted by atomic mass is 9.95. The first-order valence-corrected chi connectivity index (χ1v) is 18.0. The van der Waals surface area contributed by atoms with E-state index in [2.05, 4.69) is 16.9 Å². The number of hydrogen-bond donors (Lipinski definition) is 3. The summed E-state index contributed by atoms with van der Waals surface area (Å²) < 4.78 is 68.2. The average Bonchev–Trinajstić information content (AvgIpc) is 3.35. The number of H-pyrrole nitrogens is 1. The number of aromatic amines is 1. The Labute approximate surface area is 245 Å². The fourth-order valence-corrected chi connectivity index (χ4v) is 6.90. The summed E-state index contributed by atoms with van der Waals surface area (Å²) in [4.78, 5) is 5.96. The van der Waals surface area contributed by atoms with Crippen LogP contribution in [0.3, 0.4) is 0 Å². The molecule has 41 heavy (non-hydrogen) atoms. The van der Waals surface area contributed by atoms with Crippen molar-refractivity contribution in [2.24, 2.45) is 0 Å². The third-order valence-electron chi connectivity index (χ3n) is 7.68. The molecule has 0 saturated carbocycles. The van der Waals surface area contributed by atoms with Gasteiger partial charge < -0.3 is 4.98 Å². The number of hydrogen-bond acceptors (Lipinski definition) is 5. The second-order valence-corrected chi connectivity index (χ2v) is 13.8. The van der Waals surface area contributed by atoms with Gasteiger partial charge in [-0.2, -0.15) is 16.8 Å². The molecule has 1 heterocycles. The molecule has 2 aromatic carbocycles. The highest BCUT2D eigenvalue weighted by molar-refractivity contribution is 7.86. The van der Waals surface area contributed by atoms with Crippen LogP contribution in [0.1, 0.15) is 120 Å². The van der Waals surface area contributed by atoms with Crippen molar-refractivity contribution < 1.29 is 25.9 Å². The van der Waals surface area contributed by atoms with Crippen LogP contribution in [0.25, 0.3) is 11.0 Å². The fourth-order valence-electron chi connectivity index (χ4n) is 5.51. The molecule has 0 bridgehead atoms. The number of nitrogens with zero attached hydrogens (tertiary/aromatic N) is 1. The average molecular weight is 607 g/mol. The number of imidazole rings is 1. The lowest BCUT2D eigenvalue weighted by molar-refractivity contribution is 0.474. The van der Waals surface area contributed by atoms with Gasteiger partial charge in [0, 0.05) is 0 Å². The Morgan fingerprint density at radius 1 is 0.707 bits per heavy atom. The highest BCUT2D eigenvalue weighted by atomic mass is 32.2. The van der Waals surface area contributed by atoms with Gasteiger partial charge in [0.15, 0.2) is 0 Å². The van der Waals surface area contributed by atoms with Crippen LogP contribution in [0.15, 0.2) is 46.5 Å².